The van der Waals surface area contributed by atoms with Crippen LogP contribution in [-0.2, 0) is 9.53 Å². The van der Waals surface area contributed by atoms with Crippen molar-refractivity contribution in [2.75, 3.05) is 0 Å². The number of hydrogen-bond acceptors (Lipinski definition) is 2. The molecule has 0 bridgehead atoms. The molecule has 1 N–H and O–H groups in total. The van der Waals surface area contributed by atoms with Gasteiger partial charge in [-0.3, -0.25) is 0 Å². The minimum atomic E-state index is -0.873. The predicted octanol–water partition coefficient (Wildman–Crippen LogP) is 3.08. The summed E-state index contributed by atoms with van der Waals surface area (Å²) in [4.78, 5) is 10.7. The molecule has 1 saturated carbocycles. The largest absolute Gasteiger partial charge is 0.479 e. The molecular weight excluding hydrogens is 204 g/mol. The summed E-state index contributed by atoms with van der Waals surface area (Å²) < 4.78 is 5.54. The summed E-state index contributed by atoms with van der Waals surface area (Å²) >= 11 is 0. The number of rotatable bonds is 4. The molecular formula is C13H24O3. The van der Waals surface area contributed by atoms with Crippen molar-refractivity contribution in [3.63, 3.8) is 0 Å². The van der Waals surface area contributed by atoms with Crippen LogP contribution < -0.4 is 0 Å². The maximum Gasteiger partial charge on any atom is 0.332 e. The lowest BCUT2D eigenvalue weighted by molar-refractivity contribution is -0.155. The molecule has 0 aliphatic heterocycles. The van der Waals surface area contributed by atoms with Gasteiger partial charge in [0.05, 0.1) is 6.10 Å². The highest BCUT2D eigenvalue weighted by molar-refractivity contribution is 5.71. The van der Waals surface area contributed by atoms with Gasteiger partial charge in [0.25, 0.3) is 0 Å². The van der Waals surface area contributed by atoms with Gasteiger partial charge in [-0.1, -0.05) is 20.3 Å². The quantitative estimate of drug-likeness (QED) is 0.804. The Morgan fingerprint density at radius 2 is 2.06 bits per heavy atom. The highest BCUT2D eigenvalue weighted by atomic mass is 16.5. The van der Waals surface area contributed by atoms with Crippen LogP contribution in [0.4, 0.5) is 0 Å². The van der Waals surface area contributed by atoms with Crippen LogP contribution in [0.15, 0.2) is 0 Å². The van der Waals surface area contributed by atoms with E-state index in [-0.39, 0.29) is 6.10 Å². The van der Waals surface area contributed by atoms with Crippen LogP contribution in [0, 0.1) is 11.3 Å². The lowest BCUT2D eigenvalue weighted by Gasteiger charge is -2.38. The molecule has 0 radical (unpaired) electrons. The van der Waals surface area contributed by atoms with Gasteiger partial charge in [-0.05, 0) is 44.4 Å². The summed E-state index contributed by atoms with van der Waals surface area (Å²) in [7, 11) is 0. The first kappa shape index (κ1) is 13.5. The van der Waals surface area contributed by atoms with E-state index in [1.807, 2.05) is 6.92 Å². The van der Waals surface area contributed by atoms with Crippen molar-refractivity contribution < 1.29 is 14.6 Å². The number of ether oxygens (including phenoxy) is 1. The van der Waals surface area contributed by atoms with E-state index >= 15 is 0 Å². The van der Waals surface area contributed by atoms with Gasteiger partial charge >= 0.3 is 5.97 Å². The fraction of sp³-hybridized carbons (Fsp3) is 0.923. The standard InChI is InChI=1S/C13H24O3/c1-9(16-10(2)12(14)15)11-6-5-7-13(3,4)8-11/h9-11H,5-8H2,1-4H3,(H,14,15). The van der Waals surface area contributed by atoms with E-state index in [2.05, 4.69) is 13.8 Å². The van der Waals surface area contributed by atoms with E-state index < -0.39 is 12.1 Å². The third-order valence-electron chi connectivity index (χ3n) is 3.67. The Hall–Kier alpha value is -0.570. The van der Waals surface area contributed by atoms with E-state index in [9.17, 15) is 4.79 Å². The molecule has 94 valence electrons. The van der Waals surface area contributed by atoms with Gasteiger partial charge in [0.15, 0.2) is 6.10 Å². The lowest BCUT2D eigenvalue weighted by Crippen LogP contribution is -2.34. The minimum absolute atomic E-state index is 0.0469. The van der Waals surface area contributed by atoms with Crippen molar-refractivity contribution in [1.82, 2.24) is 0 Å². The van der Waals surface area contributed by atoms with Gasteiger partial charge in [-0.2, -0.15) is 0 Å². The molecule has 1 aliphatic rings. The Morgan fingerprint density at radius 1 is 1.44 bits per heavy atom. The number of carboxylic acids is 1. The van der Waals surface area contributed by atoms with Gasteiger partial charge in [0, 0.05) is 0 Å². The number of carboxylic acid groups (broad SMARTS) is 1. The summed E-state index contributed by atoms with van der Waals surface area (Å²) in [5, 5.41) is 8.81. The van der Waals surface area contributed by atoms with Gasteiger partial charge in [-0.25, -0.2) is 4.79 Å². The van der Waals surface area contributed by atoms with Crippen molar-refractivity contribution in [1.29, 1.82) is 0 Å². The van der Waals surface area contributed by atoms with Crippen LogP contribution in [0.1, 0.15) is 53.4 Å². The predicted molar refractivity (Wildman–Crippen MR) is 63.4 cm³/mol. The maximum atomic E-state index is 10.7. The Labute approximate surface area is 98.2 Å². The second kappa shape index (κ2) is 5.17. The van der Waals surface area contributed by atoms with Crippen molar-refractivity contribution >= 4 is 5.97 Å². The number of hydrogen-bond donors (Lipinski definition) is 1. The fourth-order valence-corrected chi connectivity index (χ4v) is 2.65. The molecule has 1 aliphatic carbocycles. The SMILES string of the molecule is CC(OC(C)C1CCCC(C)(C)C1)C(=O)O. The average molecular weight is 228 g/mol. The van der Waals surface area contributed by atoms with Crippen LogP contribution >= 0.6 is 0 Å². The molecule has 0 saturated heterocycles. The van der Waals surface area contributed by atoms with E-state index in [0.717, 1.165) is 12.8 Å². The van der Waals surface area contributed by atoms with Gasteiger partial charge in [-0.15, -0.1) is 0 Å². The number of carbonyl (C=O) groups is 1. The zero-order chi connectivity index (χ0) is 12.3. The molecule has 0 aromatic rings. The van der Waals surface area contributed by atoms with Crippen LogP contribution in [0.5, 0.6) is 0 Å². The van der Waals surface area contributed by atoms with Crippen LogP contribution in [0.3, 0.4) is 0 Å². The molecule has 16 heavy (non-hydrogen) atoms. The Kier molecular flexibility index (Phi) is 4.36. The van der Waals surface area contributed by atoms with Crippen LogP contribution in [0.25, 0.3) is 0 Å². The molecule has 0 spiro atoms. The summed E-state index contributed by atoms with van der Waals surface area (Å²) in [6.07, 6.45) is 4.15. The lowest BCUT2D eigenvalue weighted by atomic mass is 9.71. The molecule has 3 heteroatoms. The van der Waals surface area contributed by atoms with Crippen molar-refractivity contribution in [3.8, 4) is 0 Å². The monoisotopic (exact) mass is 228 g/mol. The summed E-state index contributed by atoms with van der Waals surface area (Å²) in [6, 6.07) is 0. The van der Waals surface area contributed by atoms with E-state index in [1.54, 1.807) is 6.92 Å². The normalized spacial score (nSPS) is 28.4. The van der Waals surface area contributed by atoms with Crippen molar-refractivity contribution in [3.05, 3.63) is 0 Å². The first-order valence-electron chi connectivity index (χ1n) is 6.20. The second-order valence-electron chi connectivity index (χ2n) is 5.84. The zero-order valence-electron chi connectivity index (χ0n) is 10.8. The molecule has 3 nitrogen and oxygen atoms in total. The molecule has 3 unspecified atom stereocenters. The first-order chi connectivity index (χ1) is 7.32. The van der Waals surface area contributed by atoms with Gasteiger partial charge in [0.1, 0.15) is 0 Å². The Balaban J connectivity index is 2.47. The topological polar surface area (TPSA) is 46.5 Å². The van der Waals surface area contributed by atoms with Gasteiger partial charge < -0.3 is 9.84 Å². The summed E-state index contributed by atoms with van der Waals surface area (Å²) in [5.41, 5.74) is 0.382. The molecule has 0 amide bonds. The highest BCUT2D eigenvalue weighted by Crippen LogP contribution is 2.40. The Morgan fingerprint density at radius 3 is 2.56 bits per heavy atom. The third kappa shape index (κ3) is 3.78. The van der Waals surface area contributed by atoms with E-state index in [0.29, 0.717) is 11.3 Å². The summed E-state index contributed by atoms with van der Waals surface area (Å²) in [5.74, 6) is -0.368. The van der Waals surface area contributed by atoms with E-state index in [1.165, 1.54) is 12.8 Å². The second-order valence-corrected chi connectivity index (χ2v) is 5.84. The van der Waals surface area contributed by atoms with Gasteiger partial charge in [0.2, 0.25) is 0 Å². The zero-order valence-corrected chi connectivity index (χ0v) is 10.8. The molecule has 3 atom stereocenters. The minimum Gasteiger partial charge on any atom is -0.479 e. The van der Waals surface area contributed by atoms with Crippen molar-refractivity contribution in [2.45, 2.75) is 65.6 Å². The van der Waals surface area contributed by atoms with Crippen molar-refractivity contribution in [2.24, 2.45) is 11.3 Å². The number of aliphatic carboxylic acids is 1. The molecule has 0 heterocycles. The molecule has 0 aromatic carbocycles. The molecule has 1 fully saturated rings. The summed E-state index contributed by atoms with van der Waals surface area (Å²) in [6.45, 7) is 8.18. The smallest absolute Gasteiger partial charge is 0.332 e. The maximum absolute atomic E-state index is 10.7. The Bertz CT molecular complexity index is 248. The first-order valence-corrected chi connectivity index (χ1v) is 6.20. The third-order valence-corrected chi connectivity index (χ3v) is 3.67. The van der Waals surface area contributed by atoms with Crippen LogP contribution in [-0.4, -0.2) is 23.3 Å². The fourth-order valence-electron chi connectivity index (χ4n) is 2.65. The molecule has 0 aromatic heterocycles. The average Bonchev–Trinajstić information content (AvgIpc) is 2.15. The van der Waals surface area contributed by atoms with Crippen LogP contribution in [0.2, 0.25) is 0 Å². The molecule has 1 rings (SSSR count). The van der Waals surface area contributed by atoms with E-state index in [4.69, 9.17) is 9.84 Å². The highest BCUT2D eigenvalue weighted by Gasteiger charge is 2.32.